The monoisotopic (exact) mass is 283 g/mol. The summed E-state index contributed by atoms with van der Waals surface area (Å²) in [5, 5.41) is 5.84. The lowest BCUT2D eigenvalue weighted by molar-refractivity contribution is -0.117. The Hall–Kier alpha value is -1.53. The van der Waals surface area contributed by atoms with Crippen LogP contribution in [0.1, 0.15) is 13.8 Å². The lowest BCUT2D eigenvalue weighted by atomic mass is 10.1. The summed E-state index contributed by atoms with van der Waals surface area (Å²) in [7, 11) is 0. The molecule has 2 rings (SSSR count). The second kappa shape index (κ2) is 6.28. The van der Waals surface area contributed by atoms with Gasteiger partial charge in [-0.15, -0.1) is 0 Å². The number of amides is 1. The Balaban J connectivity index is 1.92. The average molecular weight is 283 g/mol. The molecule has 0 saturated carbocycles. The average Bonchev–Trinajstić information content (AvgIpc) is 2.31. The molecule has 0 radical (unpaired) electrons. The van der Waals surface area contributed by atoms with Gasteiger partial charge < -0.3 is 10.6 Å². The molecule has 1 amide bonds. The van der Waals surface area contributed by atoms with Crippen molar-refractivity contribution in [1.29, 1.82) is 0 Å². The van der Waals surface area contributed by atoms with E-state index >= 15 is 0 Å². The first-order valence-corrected chi connectivity index (χ1v) is 6.67. The van der Waals surface area contributed by atoms with E-state index in [0.29, 0.717) is 12.1 Å². The minimum Gasteiger partial charge on any atom is -0.322 e. The van der Waals surface area contributed by atoms with Crippen molar-refractivity contribution in [2.75, 3.05) is 25.0 Å². The molecule has 110 valence electrons. The summed E-state index contributed by atoms with van der Waals surface area (Å²) >= 11 is 0. The summed E-state index contributed by atoms with van der Waals surface area (Å²) in [6.07, 6.45) is 0. The van der Waals surface area contributed by atoms with Gasteiger partial charge in [0.2, 0.25) is 5.91 Å². The molecule has 2 N–H and O–H groups in total. The molecule has 1 aromatic rings. The minimum absolute atomic E-state index is 0.00707. The van der Waals surface area contributed by atoms with Crippen molar-refractivity contribution in [3.8, 4) is 0 Å². The molecule has 1 fully saturated rings. The second-order valence-corrected chi connectivity index (χ2v) is 5.34. The van der Waals surface area contributed by atoms with Gasteiger partial charge in [0.25, 0.3) is 0 Å². The van der Waals surface area contributed by atoms with Gasteiger partial charge in [0.05, 0.1) is 12.2 Å². The molecule has 6 heteroatoms. The largest absolute Gasteiger partial charge is 0.322 e. The SMILES string of the molecule is CC1CN(CC(=O)Nc2ccc(F)cc2F)CC(C)N1. The highest BCUT2D eigenvalue weighted by atomic mass is 19.1. The zero-order chi connectivity index (χ0) is 14.7. The van der Waals surface area contributed by atoms with Crippen LogP contribution in [0.3, 0.4) is 0 Å². The molecular formula is C14H19F2N3O. The zero-order valence-electron chi connectivity index (χ0n) is 11.6. The van der Waals surface area contributed by atoms with E-state index in [-0.39, 0.29) is 18.1 Å². The maximum absolute atomic E-state index is 13.4. The first kappa shape index (κ1) is 14.9. The highest BCUT2D eigenvalue weighted by molar-refractivity contribution is 5.92. The summed E-state index contributed by atoms with van der Waals surface area (Å²) in [4.78, 5) is 13.9. The van der Waals surface area contributed by atoms with Crippen LogP contribution in [0, 0.1) is 11.6 Å². The number of benzene rings is 1. The van der Waals surface area contributed by atoms with Crippen molar-refractivity contribution in [3.63, 3.8) is 0 Å². The van der Waals surface area contributed by atoms with E-state index in [2.05, 4.69) is 24.5 Å². The number of nitrogens with one attached hydrogen (secondary N) is 2. The van der Waals surface area contributed by atoms with Crippen LogP contribution in [-0.4, -0.2) is 42.5 Å². The van der Waals surface area contributed by atoms with Crippen molar-refractivity contribution in [2.24, 2.45) is 0 Å². The molecule has 1 saturated heterocycles. The molecule has 1 aliphatic heterocycles. The normalized spacial score (nSPS) is 23.6. The van der Waals surface area contributed by atoms with Crippen LogP contribution in [0.15, 0.2) is 18.2 Å². The number of rotatable bonds is 3. The van der Waals surface area contributed by atoms with E-state index in [1.165, 1.54) is 6.07 Å². The lowest BCUT2D eigenvalue weighted by Gasteiger charge is -2.35. The predicted molar refractivity (Wildman–Crippen MR) is 73.5 cm³/mol. The van der Waals surface area contributed by atoms with Gasteiger partial charge in [-0.25, -0.2) is 8.78 Å². The zero-order valence-corrected chi connectivity index (χ0v) is 11.6. The van der Waals surface area contributed by atoms with Gasteiger partial charge in [0.15, 0.2) is 0 Å². The fraction of sp³-hybridized carbons (Fsp3) is 0.500. The number of carbonyl (C=O) groups is 1. The van der Waals surface area contributed by atoms with Crippen LogP contribution in [0.5, 0.6) is 0 Å². The molecule has 1 heterocycles. The second-order valence-electron chi connectivity index (χ2n) is 5.34. The molecule has 0 aromatic heterocycles. The number of carbonyl (C=O) groups excluding carboxylic acids is 1. The Morgan fingerprint density at radius 2 is 2.00 bits per heavy atom. The van der Waals surface area contributed by atoms with Crippen LogP contribution in [0.25, 0.3) is 0 Å². The number of anilines is 1. The number of piperazine rings is 1. The standard InChI is InChI=1S/C14H19F2N3O/c1-9-6-19(7-10(2)17-9)8-14(20)18-13-4-3-11(15)5-12(13)16/h3-5,9-10,17H,6-8H2,1-2H3,(H,18,20). The molecule has 0 bridgehead atoms. The van der Waals surface area contributed by atoms with E-state index in [1.807, 2.05) is 4.90 Å². The molecular weight excluding hydrogens is 264 g/mol. The van der Waals surface area contributed by atoms with Gasteiger partial charge in [0, 0.05) is 31.2 Å². The maximum atomic E-state index is 13.4. The highest BCUT2D eigenvalue weighted by Gasteiger charge is 2.22. The van der Waals surface area contributed by atoms with Crippen LogP contribution in [0.4, 0.5) is 14.5 Å². The van der Waals surface area contributed by atoms with Gasteiger partial charge in [0.1, 0.15) is 11.6 Å². The van der Waals surface area contributed by atoms with Crippen molar-refractivity contribution in [1.82, 2.24) is 10.2 Å². The quantitative estimate of drug-likeness (QED) is 0.885. The van der Waals surface area contributed by atoms with E-state index in [9.17, 15) is 13.6 Å². The van der Waals surface area contributed by atoms with Gasteiger partial charge >= 0.3 is 0 Å². The molecule has 0 spiro atoms. The minimum atomic E-state index is -0.764. The van der Waals surface area contributed by atoms with E-state index in [4.69, 9.17) is 0 Å². The summed E-state index contributed by atoms with van der Waals surface area (Å²) in [5.74, 6) is -1.72. The fourth-order valence-corrected chi connectivity index (χ4v) is 2.55. The van der Waals surface area contributed by atoms with Crippen molar-refractivity contribution < 1.29 is 13.6 Å². The smallest absolute Gasteiger partial charge is 0.238 e. The summed E-state index contributed by atoms with van der Waals surface area (Å²) in [6.45, 7) is 5.85. The number of nitrogens with zero attached hydrogens (tertiary/aromatic N) is 1. The number of hydrogen-bond donors (Lipinski definition) is 2. The van der Waals surface area contributed by atoms with Gasteiger partial charge in [-0.2, -0.15) is 0 Å². The van der Waals surface area contributed by atoms with Crippen molar-refractivity contribution >= 4 is 11.6 Å². The summed E-state index contributed by atoms with van der Waals surface area (Å²) in [5.41, 5.74) is 0.00707. The maximum Gasteiger partial charge on any atom is 0.238 e. The third kappa shape index (κ3) is 3.98. The van der Waals surface area contributed by atoms with E-state index in [1.54, 1.807) is 0 Å². The van der Waals surface area contributed by atoms with Crippen LogP contribution >= 0.6 is 0 Å². The highest BCUT2D eigenvalue weighted by Crippen LogP contribution is 2.15. The van der Waals surface area contributed by atoms with Gasteiger partial charge in [-0.3, -0.25) is 9.69 Å². The molecule has 0 aliphatic carbocycles. The lowest BCUT2D eigenvalue weighted by Crippen LogP contribution is -2.55. The van der Waals surface area contributed by atoms with Crippen LogP contribution in [-0.2, 0) is 4.79 Å². The Morgan fingerprint density at radius 1 is 1.35 bits per heavy atom. The first-order chi connectivity index (χ1) is 9.44. The molecule has 1 aliphatic rings. The van der Waals surface area contributed by atoms with Crippen molar-refractivity contribution in [2.45, 2.75) is 25.9 Å². The number of hydrogen-bond acceptors (Lipinski definition) is 3. The Morgan fingerprint density at radius 3 is 2.60 bits per heavy atom. The molecule has 1 aromatic carbocycles. The fourth-order valence-electron chi connectivity index (χ4n) is 2.55. The predicted octanol–water partition coefficient (Wildman–Crippen LogP) is 1.59. The molecule has 2 atom stereocenters. The Kier molecular flexibility index (Phi) is 4.67. The molecule has 20 heavy (non-hydrogen) atoms. The van der Waals surface area contributed by atoms with Crippen molar-refractivity contribution in [3.05, 3.63) is 29.8 Å². The van der Waals surface area contributed by atoms with Gasteiger partial charge in [-0.05, 0) is 26.0 Å². The topological polar surface area (TPSA) is 44.4 Å². The van der Waals surface area contributed by atoms with E-state index in [0.717, 1.165) is 25.2 Å². The summed E-state index contributed by atoms with van der Waals surface area (Å²) in [6, 6.07) is 3.73. The summed E-state index contributed by atoms with van der Waals surface area (Å²) < 4.78 is 26.2. The Bertz CT molecular complexity index is 485. The Labute approximate surface area is 117 Å². The number of halogens is 2. The molecule has 2 unspecified atom stereocenters. The van der Waals surface area contributed by atoms with Gasteiger partial charge in [-0.1, -0.05) is 0 Å². The van der Waals surface area contributed by atoms with E-state index < -0.39 is 11.6 Å². The van der Waals surface area contributed by atoms with Crippen LogP contribution < -0.4 is 10.6 Å². The first-order valence-electron chi connectivity index (χ1n) is 6.67. The van der Waals surface area contributed by atoms with Crippen LogP contribution in [0.2, 0.25) is 0 Å². The third-order valence-electron chi connectivity index (χ3n) is 3.21. The third-order valence-corrected chi connectivity index (χ3v) is 3.21. The molecule has 4 nitrogen and oxygen atoms in total.